The van der Waals surface area contributed by atoms with Crippen molar-refractivity contribution in [1.29, 1.82) is 0 Å². The average molecular weight is 416 g/mol. The molecule has 6 nitrogen and oxygen atoms in total. The van der Waals surface area contributed by atoms with Gasteiger partial charge in [0.1, 0.15) is 5.75 Å². The van der Waals surface area contributed by atoms with Crippen molar-refractivity contribution in [2.45, 2.75) is 51.5 Å². The summed E-state index contributed by atoms with van der Waals surface area (Å²) in [6, 6.07) is 6.59. The maximum Gasteiger partial charge on any atom is 0.253 e. The molecule has 166 valence electrons. The van der Waals surface area contributed by atoms with Crippen LogP contribution in [0.1, 0.15) is 60.6 Å². The monoisotopic (exact) mass is 415 g/mol. The third-order valence-corrected chi connectivity index (χ3v) is 6.30. The standard InChI is InChI=1S/C24H37N3O3/c1-18-23(24(28)25-13-8-14-26(2)15-16-29-3)21-17-20(30-4)11-12-22(21)27(18)19-9-6-5-7-10-19/h11-12,17,19H,5-10,13-16H2,1-4H3,(H,25,28). The van der Waals surface area contributed by atoms with Crippen molar-refractivity contribution < 1.29 is 14.3 Å². The Hall–Kier alpha value is -2.05. The Morgan fingerprint density at radius 1 is 1.20 bits per heavy atom. The molecule has 1 aromatic heterocycles. The second-order valence-corrected chi connectivity index (χ2v) is 8.41. The molecule has 1 aliphatic rings. The summed E-state index contributed by atoms with van der Waals surface area (Å²) in [5, 5.41) is 4.14. The maximum absolute atomic E-state index is 13.2. The molecular weight excluding hydrogens is 378 g/mol. The van der Waals surface area contributed by atoms with Crippen molar-refractivity contribution in [3.05, 3.63) is 29.5 Å². The second kappa shape index (κ2) is 10.8. The van der Waals surface area contributed by atoms with Gasteiger partial charge in [-0.15, -0.1) is 0 Å². The summed E-state index contributed by atoms with van der Waals surface area (Å²) in [5.41, 5.74) is 3.01. The Kier molecular flexibility index (Phi) is 8.16. The first-order valence-electron chi connectivity index (χ1n) is 11.2. The number of hydrogen-bond acceptors (Lipinski definition) is 4. The van der Waals surface area contributed by atoms with Gasteiger partial charge in [0.2, 0.25) is 0 Å². The normalized spacial score (nSPS) is 15.1. The van der Waals surface area contributed by atoms with Crippen LogP contribution in [0, 0.1) is 6.92 Å². The third-order valence-electron chi connectivity index (χ3n) is 6.30. The third kappa shape index (κ3) is 5.16. The van der Waals surface area contributed by atoms with Crippen LogP contribution in [0.2, 0.25) is 0 Å². The van der Waals surface area contributed by atoms with E-state index in [4.69, 9.17) is 9.47 Å². The Morgan fingerprint density at radius 2 is 1.97 bits per heavy atom. The van der Waals surface area contributed by atoms with Crippen LogP contribution in [0.25, 0.3) is 10.9 Å². The molecule has 0 radical (unpaired) electrons. The fraction of sp³-hybridized carbons (Fsp3) is 0.625. The molecule has 1 aliphatic carbocycles. The van der Waals surface area contributed by atoms with Gasteiger partial charge in [0.15, 0.2) is 0 Å². The van der Waals surface area contributed by atoms with Gasteiger partial charge in [0, 0.05) is 42.8 Å². The van der Waals surface area contributed by atoms with E-state index >= 15 is 0 Å². The highest BCUT2D eigenvalue weighted by Crippen LogP contribution is 2.37. The number of amides is 1. The summed E-state index contributed by atoms with van der Waals surface area (Å²) in [4.78, 5) is 15.4. The van der Waals surface area contributed by atoms with E-state index in [2.05, 4.69) is 34.8 Å². The first-order chi connectivity index (χ1) is 14.6. The topological polar surface area (TPSA) is 55.7 Å². The number of rotatable bonds is 10. The molecule has 30 heavy (non-hydrogen) atoms. The molecule has 1 saturated carbocycles. The van der Waals surface area contributed by atoms with Crippen LogP contribution in [-0.2, 0) is 4.74 Å². The lowest BCUT2D eigenvalue weighted by molar-refractivity contribution is 0.0951. The van der Waals surface area contributed by atoms with Gasteiger partial charge in [-0.25, -0.2) is 0 Å². The molecule has 6 heteroatoms. The van der Waals surface area contributed by atoms with Crippen LogP contribution in [0.15, 0.2) is 18.2 Å². The van der Waals surface area contributed by atoms with Gasteiger partial charge in [-0.2, -0.15) is 0 Å². The maximum atomic E-state index is 13.2. The lowest BCUT2D eigenvalue weighted by Crippen LogP contribution is -2.30. The van der Waals surface area contributed by atoms with Crippen LogP contribution >= 0.6 is 0 Å². The summed E-state index contributed by atoms with van der Waals surface area (Å²) in [6.45, 7) is 5.31. The van der Waals surface area contributed by atoms with Crippen LogP contribution in [0.4, 0.5) is 0 Å². The molecule has 1 aromatic carbocycles. The first-order valence-corrected chi connectivity index (χ1v) is 11.2. The number of methoxy groups -OCH3 is 2. The average Bonchev–Trinajstić information content (AvgIpc) is 3.06. The number of carbonyl (C=O) groups is 1. The molecule has 0 spiro atoms. The number of nitrogens with zero attached hydrogens (tertiary/aromatic N) is 2. The van der Waals surface area contributed by atoms with Gasteiger partial charge in [0.05, 0.1) is 19.3 Å². The molecule has 2 aromatic rings. The van der Waals surface area contributed by atoms with Crippen molar-refractivity contribution in [3.8, 4) is 5.75 Å². The van der Waals surface area contributed by atoms with Gasteiger partial charge in [-0.05, 0) is 58.0 Å². The number of fused-ring (bicyclic) bond motifs is 1. The first kappa shape index (κ1) is 22.6. The summed E-state index contributed by atoms with van der Waals surface area (Å²) >= 11 is 0. The smallest absolute Gasteiger partial charge is 0.253 e. The number of hydrogen-bond donors (Lipinski definition) is 1. The van der Waals surface area contributed by atoms with Crippen molar-refractivity contribution in [3.63, 3.8) is 0 Å². The Morgan fingerprint density at radius 3 is 2.67 bits per heavy atom. The predicted molar refractivity (Wildman–Crippen MR) is 122 cm³/mol. The summed E-state index contributed by atoms with van der Waals surface area (Å²) in [5.74, 6) is 0.803. The molecule has 1 fully saturated rings. The fourth-order valence-electron chi connectivity index (χ4n) is 4.64. The van der Waals surface area contributed by atoms with Gasteiger partial charge in [-0.3, -0.25) is 4.79 Å². The molecule has 0 saturated heterocycles. The second-order valence-electron chi connectivity index (χ2n) is 8.41. The van der Waals surface area contributed by atoms with Crippen molar-refractivity contribution >= 4 is 16.8 Å². The molecule has 1 N–H and O–H groups in total. The lowest BCUT2D eigenvalue weighted by Gasteiger charge is -2.26. The predicted octanol–water partition coefficient (Wildman–Crippen LogP) is 4.16. The van der Waals surface area contributed by atoms with Crippen LogP contribution in [0.3, 0.4) is 0 Å². The fourth-order valence-corrected chi connectivity index (χ4v) is 4.64. The van der Waals surface area contributed by atoms with Crippen molar-refractivity contribution in [1.82, 2.24) is 14.8 Å². The summed E-state index contributed by atoms with van der Waals surface area (Å²) < 4.78 is 13.0. The zero-order valence-corrected chi connectivity index (χ0v) is 19.0. The molecule has 0 atom stereocenters. The summed E-state index contributed by atoms with van der Waals surface area (Å²) in [7, 11) is 5.47. The summed E-state index contributed by atoms with van der Waals surface area (Å²) in [6.07, 6.45) is 7.12. The van der Waals surface area contributed by atoms with Crippen LogP contribution in [0.5, 0.6) is 5.75 Å². The highest BCUT2D eigenvalue weighted by Gasteiger charge is 2.25. The van der Waals surface area contributed by atoms with E-state index in [1.54, 1.807) is 14.2 Å². The van der Waals surface area contributed by atoms with E-state index in [1.165, 1.54) is 32.1 Å². The lowest BCUT2D eigenvalue weighted by atomic mass is 9.95. The number of likely N-dealkylation sites (N-methyl/N-ethyl adjacent to an activating group) is 1. The molecule has 0 aliphatic heterocycles. The van der Waals surface area contributed by atoms with Gasteiger partial charge in [0.25, 0.3) is 5.91 Å². The Bertz CT molecular complexity index is 840. The van der Waals surface area contributed by atoms with E-state index in [0.717, 1.165) is 54.0 Å². The zero-order valence-electron chi connectivity index (χ0n) is 19.0. The quantitative estimate of drug-likeness (QED) is 0.592. The highest BCUT2D eigenvalue weighted by atomic mass is 16.5. The van der Waals surface area contributed by atoms with E-state index in [1.807, 2.05) is 12.1 Å². The molecule has 3 rings (SSSR count). The molecule has 0 unspecified atom stereocenters. The number of benzene rings is 1. The van der Waals surface area contributed by atoms with Gasteiger partial charge >= 0.3 is 0 Å². The number of carbonyl (C=O) groups excluding carboxylic acids is 1. The van der Waals surface area contributed by atoms with E-state index in [9.17, 15) is 4.79 Å². The zero-order chi connectivity index (χ0) is 21.5. The van der Waals surface area contributed by atoms with E-state index < -0.39 is 0 Å². The Labute approximate surface area is 180 Å². The van der Waals surface area contributed by atoms with Crippen molar-refractivity contribution in [2.24, 2.45) is 0 Å². The van der Waals surface area contributed by atoms with E-state index in [-0.39, 0.29) is 5.91 Å². The van der Waals surface area contributed by atoms with Gasteiger partial charge in [-0.1, -0.05) is 19.3 Å². The van der Waals surface area contributed by atoms with Crippen molar-refractivity contribution in [2.75, 3.05) is 47.5 Å². The van der Waals surface area contributed by atoms with Gasteiger partial charge < -0.3 is 24.3 Å². The van der Waals surface area contributed by atoms with E-state index in [0.29, 0.717) is 12.6 Å². The minimum Gasteiger partial charge on any atom is -0.497 e. The van der Waals surface area contributed by atoms with Crippen LogP contribution in [-0.4, -0.2) is 62.9 Å². The minimum atomic E-state index is 0.0138. The SMILES string of the molecule is COCCN(C)CCCNC(=O)c1c(C)n(C2CCCCC2)c2ccc(OC)cc12. The number of aromatic nitrogens is 1. The Balaban J connectivity index is 1.78. The minimum absolute atomic E-state index is 0.0138. The molecule has 1 heterocycles. The molecule has 0 bridgehead atoms. The highest BCUT2D eigenvalue weighted by molar-refractivity contribution is 6.08. The largest absolute Gasteiger partial charge is 0.497 e. The van der Waals surface area contributed by atoms with Crippen LogP contribution < -0.4 is 10.1 Å². The number of nitrogens with one attached hydrogen (secondary N) is 1. The molecular formula is C24H37N3O3. The number of ether oxygens (including phenoxy) is 2. The molecule has 1 amide bonds.